The first-order chi connectivity index (χ1) is 5.04. The summed E-state index contributed by atoms with van der Waals surface area (Å²) in [6, 6.07) is 0. The second kappa shape index (κ2) is 9.34. The maximum absolute atomic E-state index is 10.3. The van der Waals surface area contributed by atoms with Crippen molar-refractivity contribution in [1.29, 1.82) is 0 Å². The molecule has 0 N–H and O–H groups in total. The van der Waals surface area contributed by atoms with Crippen molar-refractivity contribution in [2.75, 3.05) is 0 Å². The predicted octanol–water partition coefficient (Wildman–Crippen LogP) is 2.22. The fourth-order valence-electron chi connectivity index (χ4n) is 0.575. The van der Waals surface area contributed by atoms with Crippen LogP contribution in [-0.4, -0.2) is 12.1 Å². The Kier molecular flexibility index (Phi) is 11.0. The number of Topliss-reactive ketones (excluding diaryl/α,β-unsaturated/α-hetero) is 1. The Balaban J connectivity index is 0. The molecule has 0 aliphatic carbocycles. The molecule has 0 unspecified atom stereocenters. The van der Waals surface area contributed by atoms with Gasteiger partial charge in [-0.15, -0.1) is 0 Å². The highest BCUT2D eigenvalue weighted by Gasteiger charge is 1.95. The monoisotopic (exact) mass is 158 g/mol. The molecule has 0 radical (unpaired) electrons. The number of ketones is 1. The van der Waals surface area contributed by atoms with Crippen molar-refractivity contribution in [3.8, 4) is 0 Å². The Labute approximate surface area is 69.0 Å². The van der Waals surface area contributed by atoms with Crippen LogP contribution >= 0.6 is 0 Å². The van der Waals surface area contributed by atoms with Crippen molar-refractivity contribution in [2.45, 2.75) is 40.5 Å². The van der Waals surface area contributed by atoms with Crippen LogP contribution in [0, 0.1) is 5.92 Å². The lowest BCUT2D eigenvalue weighted by Crippen LogP contribution is -1.95. The molecule has 0 rings (SSSR count). The van der Waals surface area contributed by atoms with Crippen molar-refractivity contribution in [3.05, 3.63) is 0 Å². The summed E-state index contributed by atoms with van der Waals surface area (Å²) in [5.41, 5.74) is 0. The van der Waals surface area contributed by atoms with Crippen LogP contribution in [0.1, 0.15) is 40.5 Å². The van der Waals surface area contributed by atoms with Gasteiger partial charge in [-0.25, -0.2) is 0 Å². The minimum absolute atomic E-state index is 0.287. The lowest BCUT2D eigenvalue weighted by molar-refractivity contribution is -0.117. The van der Waals surface area contributed by atoms with E-state index >= 15 is 0 Å². The van der Waals surface area contributed by atoms with Gasteiger partial charge in [0.2, 0.25) is 0 Å². The number of aldehydes is 1. The predicted molar refractivity (Wildman–Crippen MR) is 46.5 cm³/mol. The van der Waals surface area contributed by atoms with Gasteiger partial charge in [-0.1, -0.05) is 20.8 Å². The number of carbonyl (C=O) groups is 2. The molecule has 0 amide bonds. The van der Waals surface area contributed by atoms with E-state index in [0.717, 1.165) is 12.7 Å². The third-order valence-corrected chi connectivity index (χ3v) is 0.862. The first-order valence-electron chi connectivity index (χ1n) is 3.97. The zero-order valence-corrected chi connectivity index (χ0v) is 7.89. The molecule has 0 heterocycles. The smallest absolute Gasteiger partial charge is 0.130 e. The Morgan fingerprint density at radius 2 is 1.82 bits per heavy atom. The van der Waals surface area contributed by atoms with Gasteiger partial charge in [0.1, 0.15) is 12.1 Å². The minimum atomic E-state index is 0.287. The molecule has 0 atom stereocenters. The lowest BCUT2D eigenvalue weighted by Gasteiger charge is -1.95. The fourth-order valence-corrected chi connectivity index (χ4v) is 0.575. The Hall–Kier alpha value is -0.660. The summed E-state index contributed by atoms with van der Waals surface area (Å²) in [6.45, 7) is 7.52. The molecule has 0 aromatic rings. The molecule has 11 heavy (non-hydrogen) atoms. The Morgan fingerprint density at radius 1 is 1.45 bits per heavy atom. The van der Waals surface area contributed by atoms with Crippen LogP contribution < -0.4 is 0 Å². The second-order valence-electron chi connectivity index (χ2n) is 2.87. The SMILES string of the molecule is CC(=O)CC(C)C.CCC=O. The third kappa shape index (κ3) is 26.7. The van der Waals surface area contributed by atoms with Crippen LogP contribution in [0.15, 0.2) is 0 Å². The summed E-state index contributed by atoms with van der Waals surface area (Å²) in [5.74, 6) is 0.813. The van der Waals surface area contributed by atoms with Crippen molar-refractivity contribution in [2.24, 2.45) is 5.92 Å². The number of rotatable bonds is 3. The molecule has 0 bridgehead atoms. The summed E-state index contributed by atoms with van der Waals surface area (Å²) < 4.78 is 0. The Morgan fingerprint density at radius 3 is 1.82 bits per heavy atom. The van der Waals surface area contributed by atoms with E-state index in [1.165, 1.54) is 0 Å². The lowest BCUT2D eigenvalue weighted by atomic mass is 10.1. The average Bonchev–Trinajstić information content (AvgIpc) is 1.85. The second-order valence-corrected chi connectivity index (χ2v) is 2.87. The van der Waals surface area contributed by atoms with Crippen LogP contribution in [0.4, 0.5) is 0 Å². The first-order valence-corrected chi connectivity index (χ1v) is 3.97. The first kappa shape index (κ1) is 13.0. The molecule has 0 saturated carbocycles. The van der Waals surface area contributed by atoms with Gasteiger partial charge in [-0.3, -0.25) is 0 Å². The van der Waals surface area contributed by atoms with Gasteiger partial charge in [0, 0.05) is 12.8 Å². The molecule has 0 aliphatic rings. The zero-order valence-electron chi connectivity index (χ0n) is 7.89. The van der Waals surface area contributed by atoms with E-state index in [1.807, 2.05) is 20.8 Å². The van der Waals surface area contributed by atoms with Crippen LogP contribution in [0.3, 0.4) is 0 Å². The summed E-state index contributed by atoms with van der Waals surface area (Å²) in [4.78, 5) is 19.4. The highest BCUT2D eigenvalue weighted by Crippen LogP contribution is 1.97. The molecule has 2 heteroatoms. The molecule has 0 fully saturated rings. The summed E-state index contributed by atoms with van der Waals surface area (Å²) in [6.07, 6.45) is 2.24. The maximum atomic E-state index is 10.3. The van der Waals surface area contributed by atoms with Crippen molar-refractivity contribution in [1.82, 2.24) is 0 Å². The molecule has 0 spiro atoms. The Bertz CT molecular complexity index is 106. The van der Waals surface area contributed by atoms with E-state index in [9.17, 15) is 9.59 Å². The zero-order chi connectivity index (χ0) is 9.28. The molecule has 0 saturated heterocycles. The molecule has 0 aromatic heterocycles. The van der Waals surface area contributed by atoms with Crippen molar-refractivity contribution >= 4 is 12.1 Å². The summed E-state index contributed by atoms with van der Waals surface area (Å²) in [5, 5.41) is 0. The van der Waals surface area contributed by atoms with E-state index < -0.39 is 0 Å². The van der Waals surface area contributed by atoms with E-state index in [1.54, 1.807) is 6.92 Å². The minimum Gasteiger partial charge on any atom is -0.303 e. The van der Waals surface area contributed by atoms with Crippen LogP contribution in [0.25, 0.3) is 0 Å². The van der Waals surface area contributed by atoms with E-state index in [0.29, 0.717) is 12.3 Å². The highest BCUT2D eigenvalue weighted by molar-refractivity contribution is 5.75. The van der Waals surface area contributed by atoms with Gasteiger partial charge in [-0.2, -0.15) is 0 Å². The molecule has 2 nitrogen and oxygen atoms in total. The van der Waals surface area contributed by atoms with E-state index in [4.69, 9.17) is 0 Å². The van der Waals surface area contributed by atoms with Gasteiger partial charge in [0.05, 0.1) is 0 Å². The summed E-state index contributed by atoms with van der Waals surface area (Å²) >= 11 is 0. The summed E-state index contributed by atoms with van der Waals surface area (Å²) in [7, 11) is 0. The van der Waals surface area contributed by atoms with Crippen molar-refractivity contribution < 1.29 is 9.59 Å². The molecule has 0 aliphatic heterocycles. The standard InChI is InChI=1S/C6H12O.C3H6O/c1-5(2)4-6(3)7;1-2-3-4/h5H,4H2,1-3H3;3H,2H2,1H3. The van der Waals surface area contributed by atoms with E-state index in [-0.39, 0.29) is 5.78 Å². The van der Waals surface area contributed by atoms with Gasteiger partial charge in [0.25, 0.3) is 0 Å². The van der Waals surface area contributed by atoms with Gasteiger partial charge in [0.15, 0.2) is 0 Å². The fraction of sp³-hybridized carbons (Fsp3) is 0.778. The maximum Gasteiger partial charge on any atom is 0.130 e. The van der Waals surface area contributed by atoms with E-state index in [2.05, 4.69) is 0 Å². The average molecular weight is 158 g/mol. The number of carbonyl (C=O) groups excluding carboxylic acids is 2. The molecular weight excluding hydrogens is 140 g/mol. The quantitative estimate of drug-likeness (QED) is 0.590. The number of hydrogen-bond acceptors (Lipinski definition) is 2. The van der Waals surface area contributed by atoms with Crippen LogP contribution in [-0.2, 0) is 9.59 Å². The van der Waals surface area contributed by atoms with Gasteiger partial charge >= 0.3 is 0 Å². The number of hydrogen-bond donors (Lipinski definition) is 0. The third-order valence-electron chi connectivity index (χ3n) is 0.862. The largest absolute Gasteiger partial charge is 0.303 e. The molecule has 0 aromatic carbocycles. The van der Waals surface area contributed by atoms with Crippen LogP contribution in [0.2, 0.25) is 0 Å². The van der Waals surface area contributed by atoms with Crippen molar-refractivity contribution in [3.63, 3.8) is 0 Å². The topological polar surface area (TPSA) is 34.1 Å². The highest BCUT2D eigenvalue weighted by atomic mass is 16.1. The van der Waals surface area contributed by atoms with Gasteiger partial charge < -0.3 is 9.59 Å². The molecule has 66 valence electrons. The normalized spacial score (nSPS) is 8.45. The van der Waals surface area contributed by atoms with Crippen LogP contribution in [0.5, 0.6) is 0 Å². The van der Waals surface area contributed by atoms with Gasteiger partial charge in [-0.05, 0) is 12.8 Å². The molecular formula is C9H18O2.